The number of aromatic nitrogens is 1. The van der Waals surface area contributed by atoms with Crippen molar-refractivity contribution >= 4 is 11.9 Å². The lowest BCUT2D eigenvalue weighted by Crippen LogP contribution is -2.28. The summed E-state index contributed by atoms with van der Waals surface area (Å²) in [6.07, 6.45) is 2.64. The van der Waals surface area contributed by atoms with Crippen LogP contribution in [0.2, 0.25) is 0 Å². The van der Waals surface area contributed by atoms with Crippen LogP contribution in [0, 0.1) is 11.3 Å². The second-order valence-electron chi connectivity index (χ2n) is 5.72. The van der Waals surface area contributed by atoms with Crippen molar-refractivity contribution in [1.82, 2.24) is 4.98 Å². The van der Waals surface area contributed by atoms with Crippen molar-refractivity contribution in [2.45, 2.75) is 44.6 Å². The van der Waals surface area contributed by atoms with Crippen molar-refractivity contribution in [2.75, 3.05) is 5.32 Å². The normalized spacial score (nSPS) is 16.3. The maximum atomic E-state index is 11.8. The number of nitriles is 1. The Morgan fingerprint density at radius 3 is 2.74 bits per heavy atom. The molecule has 0 unspecified atom stereocenters. The van der Waals surface area contributed by atoms with E-state index < -0.39 is 17.1 Å². The number of carbonyl (C=O) groups excluding carboxylic acids is 1. The molecule has 1 fully saturated rings. The summed E-state index contributed by atoms with van der Waals surface area (Å²) in [4.78, 5) is 15.9. The first-order chi connectivity index (χ1) is 8.86. The van der Waals surface area contributed by atoms with E-state index in [0.717, 1.165) is 18.4 Å². The number of hydrogen-bond acceptors (Lipinski definition) is 4. The third kappa shape index (κ3) is 3.02. The minimum atomic E-state index is -0.564. The van der Waals surface area contributed by atoms with Gasteiger partial charge in [0.15, 0.2) is 0 Å². The second-order valence-corrected chi connectivity index (χ2v) is 5.72. The van der Waals surface area contributed by atoms with Gasteiger partial charge in [0.25, 0.3) is 0 Å². The summed E-state index contributed by atoms with van der Waals surface area (Å²) in [6.45, 7) is 5.39. The molecular formula is C14H17N3O2. The molecule has 1 saturated carbocycles. The number of carbonyl (C=O) groups is 1. The molecule has 1 N–H and O–H groups in total. The van der Waals surface area contributed by atoms with E-state index >= 15 is 0 Å². The van der Waals surface area contributed by atoms with Gasteiger partial charge in [-0.15, -0.1) is 0 Å². The molecule has 2 rings (SSSR count). The fraction of sp³-hybridized carbons (Fsp3) is 0.500. The summed E-state index contributed by atoms with van der Waals surface area (Å²) in [5, 5.41) is 11.9. The van der Waals surface area contributed by atoms with Gasteiger partial charge in [-0.3, -0.25) is 5.32 Å². The molecule has 0 spiro atoms. The van der Waals surface area contributed by atoms with Gasteiger partial charge in [-0.25, -0.2) is 9.78 Å². The summed E-state index contributed by atoms with van der Waals surface area (Å²) in [5.41, 5.74) is -0.284. The highest BCUT2D eigenvalue weighted by atomic mass is 16.6. The van der Waals surface area contributed by atoms with Crippen LogP contribution in [0.25, 0.3) is 0 Å². The van der Waals surface area contributed by atoms with E-state index in [-0.39, 0.29) is 0 Å². The van der Waals surface area contributed by atoms with E-state index in [1.54, 1.807) is 33.0 Å². The molecule has 1 aromatic rings. The molecule has 100 valence electrons. The Morgan fingerprint density at radius 1 is 1.53 bits per heavy atom. The molecular weight excluding hydrogens is 242 g/mol. The van der Waals surface area contributed by atoms with Crippen LogP contribution in [-0.4, -0.2) is 16.7 Å². The maximum Gasteiger partial charge on any atom is 0.413 e. The van der Waals surface area contributed by atoms with Crippen LogP contribution in [0.3, 0.4) is 0 Å². The number of rotatable bonds is 2. The van der Waals surface area contributed by atoms with Crippen LogP contribution in [0.15, 0.2) is 18.3 Å². The fourth-order valence-electron chi connectivity index (χ4n) is 1.86. The van der Waals surface area contributed by atoms with E-state index in [0.29, 0.717) is 5.82 Å². The van der Waals surface area contributed by atoms with E-state index in [9.17, 15) is 10.1 Å². The Kier molecular flexibility index (Phi) is 3.19. The van der Waals surface area contributed by atoms with E-state index in [2.05, 4.69) is 16.4 Å². The number of pyridine rings is 1. The zero-order chi connectivity index (χ0) is 14.1. The van der Waals surface area contributed by atoms with Crippen molar-refractivity contribution in [3.8, 4) is 6.07 Å². The van der Waals surface area contributed by atoms with Gasteiger partial charge in [-0.1, -0.05) is 6.07 Å². The number of amides is 1. The van der Waals surface area contributed by atoms with Crippen LogP contribution >= 0.6 is 0 Å². The molecule has 1 heterocycles. The highest BCUT2D eigenvalue weighted by Gasteiger charge is 2.47. The van der Waals surface area contributed by atoms with Crippen molar-refractivity contribution < 1.29 is 9.53 Å². The lowest BCUT2D eigenvalue weighted by Gasteiger charge is -2.20. The maximum absolute atomic E-state index is 11.8. The Balaban J connectivity index is 2.18. The monoisotopic (exact) mass is 259 g/mol. The zero-order valence-corrected chi connectivity index (χ0v) is 11.4. The van der Waals surface area contributed by atoms with Gasteiger partial charge in [0, 0.05) is 11.8 Å². The molecule has 0 radical (unpaired) electrons. The Morgan fingerprint density at radius 2 is 2.21 bits per heavy atom. The van der Waals surface area contributed by atoms with Gasteiger partial charge < -0.3 is 4.74 Å². The van der Waals surface area contributed by atoms with Crippen LogP contribution in [0.5, 0.6) is 0 Å². The molecule has 1 aliphatic rings. The Labute approximate surface area is 112 Å². The van der Waals surface area contributed by atoms with Crippen molar-refractivity contribution in [3.63, 3.8) is 0 Å². The Hall–Kier alpha value is -2.09. The molecule has 0 aromatic carbocycles. The van der Waals surface area contributed by atoms with E-state index in [1.165, 1.54) is 0 Å². The summed E-state index contributed by atoms with van der Waals surface area (Å²) < 4.78 is 5.19. The summed E-state index contributed by atoms with van der Waals surface area (Å²) in [5.74, 6) is 0.413. The molecule has 1 aromatic heterocycles. The molecule has 0 aliphatic heterocycles. The van der Waals surface area contributed by atoms with Gasteiger partial charge >= 0.3 is 6.09 Å². The van der Waals surface area contributed by atoms with E-state index in [1.807, 2.05) is 6.07 Å². The quantitative estimate of drug-likeness (QED) is 0.885. The third-order valence-corrected chi connectivity index (χ3v) is 2.91. The van der Waals surface area contributed by atoms with Gasteiger partial charge in [0.1, 0.15) is 11.4 Å². The smallest absolute Gasteiger partial charge is 0.413 e. The molecule has 19 heavy (non-hydrogen) atoms. The molecule has 1 aliphatic carbocycles. The molecule has 0 bridgehead atoms. The van der Waals surface area contributed by atoms with E-state index in [4.69, 9.17) is 4.74 Å². The van der Waals surface area contributed by atoms with Gasteiger partial charge in [0.05, 0.1) is 11.5 Å². The highest BCUT2D eigenvalue weighted by molar-refractivity contribution is 5.85. The average Bonchev–Trinajstić information content (AvgIpc) is 3.08. The lowest BCUT2D eigenvalue weighted by molar-refractivity contribution is 0.0635. The predicted octanol–water partition coefficient (Wildman–Crippen LogP) is 2.98. The van der Waals surface area contributed by atoms with Crippen LogP contribution in [-0.2, 0) is 10.2 Å². The van der Waals surface area contributed by atoms with Crippen LogP contribution < -0.4 is 5.32 Å². The van der Waals surface area contributed by atoms with Gasteiger partial charge in [0.2, 0.25) is 0 Å². The minimum Gasteiger partial charge on any atom is -0.444 e. The van der Waals surface area contributed by atoms with Crippen LogP contribution in [0.4, 0.5) is 10.6 Å². The van der Waals surface area contributed by atoms with Gasteiger partial charge in [-0.2, -0.15) is 5.26 Å². The first-order valence-corrected chi connectivity index (χ1v) is 6.23. The summed E-state index contributed by atoms with van der Waals surface area (Å²) in [7, 11) is 0. The summed E-state index contributed by atoms with van der Waals surface area (Å²) in [6, 6.07) is 5.90. The first kappa shape index (κ1) is 13.3. The predicted molar refractivity (Wildman–Crippen MR) is 70.6 cm³/mol. The van der Waals surface area contributed by atoms with Crippen molar-refractivity contribution in [3.05, 3.63) is 23.9 Å². The number of anilines is 1. The molecule has 5 nitrogen and oxygen atoms in total. The number of ether oxygens (including phenoxy) is 1. The number of hydrogen-bond donors (Lipinski definition) is 1. The topological polar surface area (TPSA) is 75.0 Å². The minimum absolute atomic E-state index is 0.413. The molecule has 5 heteroatoms. The van der Waals surface area contributed by atoms with Crippen LogP contribution in [0.1, 0.15) is 39.2 Å². The lowest BCUT2D eigenvalue weighted by atomic mass is 9.98. The number of nitrogens with one attached hydrogen (secondary N) is 1. The zero-order valence-electron chi connectivity index (χ0n) is 11.4. The average molecular weight is 259 g/mol. The first-order valence-electron chi connectivity index (χ1n) is 6.23. The fourth-order valence-corrected chi connectivity index (χ4v) is 1.86. The molecule has 0 saturated heterocycles. The molecule has 0 atom stereocenters. The second kappa shape index (κ2) is 4.54. The van der Waals surface area contributed by atoms with Crippen molar-refractivity contribution in [1.29, 1.82) is 5.26 Å². The van der Waals surface area contributed by atoms with Crippen molar-refractivity contribution in [2.24, 2.45) is 0 Å². The van der Waals surface area contributed by atoms with Gasteiger partial charge in [-0.05, 0) is 39.7 Å². The highest BCUT2D eigenvalue weighted by Crippen LogP contribution is 2.49. The largest absolute Gasteiger partial charge is 0.444 e. The SMILES string of the molecule is CC(C)(C)OC(=O)Nc1ncccc1C1(C#N)CC1. The molecule has 1 amide bonds. The third-order valence-electron chi connectivity index (χ3n) is 2.91. The Bertz CT molecular complexity index is 536. The standard InChI is InChI=1S/C14H17N3O2/c1-13(2,3)19-12(18)17-11-10(5-4-8-16-11)14(9-15)6-7-14/h4-5,8H,6-7H2,1-3H3,(H,16,17,18). The summed E-state index contributed by atoms with van der Waals surface area (Å²) >= 11 is 0. The number of nitrogens with zero attached hydrogens (tertiary/aromatic N) is 2.